The number of rotatable bonds is 6. The maximum absolute atomic E-state index is 9.97. The number of nitrogens with zero attached hydrogens (tertiary/aromatic N) is 5. The van der Waals surface area contributed by atoms with Gasteiger partial charge in [-0.25, -0.2) is 0 Å². The van der Waals surface area contributed by atoms with E-state index in [0.29, 0.717) is 11.1 Å². The molecule has 0 amide bonds. The van der Waals surface area contributed by atoms with E-state index in [1.807, 2.05) is 36.7 Å². The van der Waals surface area contributed by atoms with Crippen molar-refractivity contribution >= 4 is 130 Å². The first kappa shape index (κ1) is 49.8. The van der Waals surface area contributed by atoms with Crippen molar-refractivity contribution in [3.63, 3.8) is 0 Å². The highest BCUT2D eigenvalue weighted by Crippen LogP contribution is 2.48. The van der Waals surface area contributed by atoms with Crippen LogP contribution in [0.15, 0.2) is 285 Å². The van der Waals surface area contributed by atoms with Gasteiger partial charge >= 0.3 is 0 Å². The molecule has 3 aromatic heterocycles. The second-order valence-electron chi connectivity index (χ2n) is 24.0. The topological polar surface area (TPSA) is 70.3 Å². The van der Waals surface area contributed by atoms with Gasteiger partial charge < -0.3 is 9.13 Å². The van der Waals surface area contributed by atoms with E-state index in [4.69, 9.17) is 0 Å². The number of aromatic nitrogens is 3. The second kappa shape index (κ2) is 19.0. The van der Waals surface area contributed by atoms with Gasteiger partial charge in [-0.2, -0.15) is 10.5 Å². The standard InChI is InChI=1S/C43H24N2.C42H23N3/c44-25-31-15-19-38-42-36(31)16-17-37-35(18-20-39(43(37)42)45(38)34-9-5-2-6-10-34)33-23-29-13-11-27-21-32(26-7-3-1-4-8-26)22-28-12-14-30(24-33)41(29)40(27)28;43-23-29-12-16-37-41-35(29)13-14-36-34(15-17-38(42(36)41)45(37)33-6-2-1-3-7-33)32-21-27-10-8-25-19-31(30-5-4-18-44-24-30)20-26-9-11-28(22-32)40(27)39(25)26/h1-24H;1-22,24H. The van der Waals surface area contributed by atoms with E-state index in [2.05, 4.69) is 275 Å². The fourth-order valence-electron chi connectivity index (χ4n) is 15.4. The maximum atomic E-state index is 9.97. The summed E-state index contributed by atoms with van der Waals surface area (Å²) in [4.78, 5) is 4.34. The first-order chi connectivity index (χ1) is 44.5. The van der Waals surface area contributed by atoms with E-state index in [1.165, 1.54) is 125 Å². The van der Waals surface area contributed by atoms with Gasteiger partial charge in [-0.1, -0.05) is 158 Å². The molecule has 20 rings (SSSR count). The number of nitriles is 2. The number of para-hydroxylation sites is 2. The summed E-state index contributed by atoms with van der Waals surface area (Å²) in [6.07, 6.45) is 3.75. The van der Waals surface area contributed by atoms with Crippen molar-refractivity contribution in [3.8, 4) is 68.0 Å². The summed E-state index contributed by atoms with van der Waals surface area (Å²) >= 11 is 0. The maximum Gasteiger partial charge on any atom is 0.0998 e. The molecule has 0 atom stereocenters. The molecule has 3 heterocycles. The van der Waals surface area contributed by atoms with Crippen LogP contribution in [0, 0.1) is 22.7 Å². The highest BCUT2D eigenvalue weighted by molar-refractivity contribution is 6.31. The summed E-state index contributed by atoms with van der Waals surface area (Å²) in [6, 6.07) is 103. The van der Waals surface area contributed by atoms with Crippen LogP contribution < -0.4 is 0 Å². The molecule has 0 aliphatic rings. The van der Waals surface area contributed by atoms with Crippen molar-refractivity contribution in [2.24, 2.45) is 0 Å². The van der Waals surface area contributed by atoms with Gasteiger partial charge in [0, 0.05) is 61.6 Å². The van der Waals surface area contributed by atoms with Crippen LogP contribution in [-0.4, -0.2) is 14.1 Å². The van der Waals surface area contributed by atoms with E-state index in [9.17, 15) is 10.5 Å². The average Bonchev–Trinajstić information content (AvgIpc) is 1.95. The van der Waals surface area contributed by atoms with E-state index in [1.54, 1.807) is 0 Å². The Kier molecular flexibility index (Phi) is 10.5. The first-order valence-electron chi connectivity index (χ1n) is 30.5. The molecule has 0 aliphatic heterocycles. The van der Waals surface area contributed by atoms with Gasteiger partial charge in [0.05, 0.1) is 45.3 Å². The summed E-state index contributed by atoms with van der Waals surface area (Å²) in [5.74, 6) is 0. The summed E-state index contributed by atoms with van der Waals surface area (Å²) in [5, 5.41) is 44.3. The molecule has 0 aliphatic carbocycles. The van der Waals surface area contributed by atoms with Crippen molar-refractivity contribution in [1.29, 1.82) is 10.5 Å². The number of hydrogen-bond acceptors (Lipinski definition) is 3. The van der Waals surface area contributed by atoms with E-state index < -0.39 is 0 Å². The third-order valence-corrected chi connectivity index (χ3v) is 19.3. The van der Waals surface area contributed by atoms with E-state index in [-0.39, 0.29) is 0 Å². The predicted molar refractivity (Wildman–Crippen MR) is 375 cm³/mol. The fourth-order valence-corrected chi connectivity index (χ4v) is 15.4. The van der Waals surface area contributed by atoms with Crippen LogP contribution in [0.25, 0.3) is 186 Å². The minimum absolute atomic E-state index is 0.705. The van der Waals surface area contributed by atoms with Crippen molar-refractivity contribution in [2.45, 2.75) is 0 Å². The molecule has 412 valence electrons. The SMILES string of the molecule is N#Cc1ccc2c3c1ccc1c(-c4cc5ccc6cc(-c7ccccc7)cc7ccc(c4)c5c67)ccc(c13)n2-c1ccccc1.N#Cc1ccc2c3c1ccc1c(-c4cc5ccc6cc(-c7cccnc7)cc7ccc(c4)c5c67)ccc(c13)n2-c1ccccc1. The van der Waals surface area contributed by atoms with E-state index >= 15 is 0 Å². The van der Waals surface area contributed by atoms with Crippen molar-refractivity contribution in [3.05, 3.63) is 297 Å². The Morgan fingerprint density at radius 1 is 0.256 bits per heavy atom. The smallest absolute Gasteiger partial charge is 0.0998 e. The Bertz CT molecular complexity index is 5860. The molecule has 0 unspecified atom stereocenters. The lowest BCUT2D eigenvalue weighted by molar-refractivity contribution is 1.18. The first-order valence-corrected chi connectivity index (χ1v) is 30.5. The largest absolute Gasteiger partial charge is 0.309 e. The Morgan fingerprint density at radius 3 is 0.944 bits per heavy atom. The quantitative estimate of drug-likeness (QED) is 0.156. The van der Waals surface area contributed by atoms with Crippen LogP contribution in [-0.2, 0) is 0 Å². The summed E-state index contributed by atoms with van der Waals surface area (Å²) in [6.45, 7) is 0. The van der Waals surface area contributed by atoms with Gasteiger partial charge in [0.2, 0.25) is 0 Å². The van der Waals surface area contributed by atoms with Crippen LogP contribution >= 0.6 is 0 Å². The lowest BCUT2D eigenvalue weighted by Crippen LogP contribution is -1.93. The Morgan fingerprint density at radius 2 is 0.578 bits per heavy atom. The molecular weight excluding hydrogens is 1090 g/mol. The van der Waals surface area contributed by atoms with Crippen molar-refractivity contribution in [1.82, 2.24) is 14.1 Å². The monoisotopic (exact) mass is 1140 g/mol. The normalized spacial score (nSPS) is 12.0. The van der Waals surface area contributed by atoms with Gasteiger partial charge in [0.25, 0.3) is 0 Å². The van der Waals surface area contributed by atoms with Crippen LogP contribution in [0.3, 0.4) is 0 Å². The summed E-state index contributed by atoms with van der Waals surface area (Å²) in [5.41, 5.74) is 17.8. The summed E-state index contributed by atoms with van der Waals surface area (Å²) in [7, 11) is 0. The molecule has 0 spiro atoms. The zero-order valence-corrected chi connectivity index (χ0v) is 48.4. The molecule has 20 aromatic rings. The zero-order chi connectivity index (χ0) is 59.3. The third-order valence-electron chi connectivity index (χ3n) is 19.3. The fraction of sp³-hybridized carbons (Fsp3) is 0. The average molecular weight is 1140 g/mol. The Hall–Kier alpha value is -12.4. The van der Waals surface area contributed by atoms with Gasteiger partial charge in [-0.15, -0.1) is 0 Å². The van der Waals surface area contributed by atoms with Gasteiger partial charge in [0.1, 0.15) is 0 Å². The highest BCUT2D eigenvalue weighted by Gasteiger charge is 2.24. The number of hydrogen-bond donors (Lipinski definition) is 0. The molecule has 0 saturated carbocycles. The van der Waals surface area contributed by atoms with Crippen LogP contribution in [0.4, 0.5) is 0 Å². The van der Waals surface area contributed by atoms with Gasteiger partial charge in [-0.3, -0.25) is 4.98 Å². The molecule has 90 heavy (non-hydrogen) atoms. The molecule has 5 heteroatoms. The predicted octanol–water partition coefficient (Wildman–Crippen LogP) is 22.4. The molecule has 17 aromatic carbocycles. The van der Waals surface area contributed by atoms with Gasteiger partial charge in [-0.05, 0) is 230 Å². The second-order valence-corrected chi connectivity index (χ2v) is 24.0. The highest BCUT2D eigenvalue weighted by atomic mass is 15.0. The van der Waals surface area contributed by atoms with Crippen molar-refractivity contribution in [2.75, 3.05) is 0 Å². The van der Waals surface area contributed by atoms with Crippen molar-refractivity contribution < 1.29 is 0 Å². The molecule has 0 N–H and O–H groups in total. The minimum atomic E-state index is 0.705. The third kappa shape index (κ3) is 7.21. The molecular formula is C85H47N5. The molecule has 0 saturated heterocycles. The minimum Gasteiger partial charge on any atom is -0.309 e. The van der Waals surface area contributed by atoms with E-state index in [0.717, 1.165) is 60.5 Å². The van der Waals surface area contributed by atoms with Crippen LogP contribution in [0.1, 0.15) is 11.1 Å². The Balaban J connectivity index is 0.000000130. The zero-order valence-electron chi connectivity index (χ0n) is 48.4. The van der Waals surface area contributed by atoms with Crippen LogP contribution in [0.5, 0.6) is 0 Å². The van der Waals surface area contributed by atoms with Crippen LogP contribution in [0.2, 0.25) is 0 Å². The summed E-state index contributed by atoms with van der Waals surface area (Å²) < 4.78 is 4.66. The number of benzene rings is 17. The molecule has 0 bridgehead atoms. The molecule has 5 nitrogen and oxygen atoms in total. The lowest BCUT2D eigenvalue weighted by atomic mass is 9.88. The Labute approximate surface area is 516 Å². The van der Waals surface area contributed by atoms with Gasteiger partial charge in [0.15, 0.2) is 0 Å². The molecule has 0 fully saturated rings. The lowest BCUT2D eigenvalue weighted by Gasteiger charge is -2.15. The molecule has 0 radical (unpaired) electrons. The number of pyridine rings is 1.